The summed E-state index contributed by atoms with van der Waals surface area (Å²) in [5.41, 5.74) is 0.629. The highest BCUT2D eigenvalue weighted by molar-refractivity contribution is 9.10. The Balaban J connectivity index is 1.63. The van der Waals surface area contributed by atoms with Gasteiger partial charge in [-0.1, -0.05) is 6.42 Å². The molecule has 2 aliphatic carbocycles. The lowest BCUT2D eigenvalue weighted by Gasteiger charge is -2.28. The number of nitrogens with zero attached hydrogens (tertiary/aromatic N) is 1. The number of hydrogen-bond donors (Lipinski definition) is 1. The first-order chi connectivity index (χ1) is 9.13. The number of pyridine rings is 1. The van der Waals surface area contributed by atoms with Gasteiger partial charge in [-0.2, -0.15) is 0 Å². The third-order valence-corrected chi connectivity index (χ3v) is 5.19. The number of fused-ring (bicyclic) bond motifs is 2. The van der Waals surface area contributed by atoms with Crippen LogP contribution in [0.15, 0.2) is 22.9 Å². The lowest BCUT2D eigenvalue weighted by Crippen LogP contribution is -2.40. The van der Waals surface area contributed by atoms with Crippen molar-refractivity contribution >= 4 is 21.8 Å². The molecule has 1 amide bonds. The summed E-state index contributed by atoms with van der Waals surface area (Å²) in [6.45, 7) is 2.15. The second-order valence-corrected chi connectivity index (χ2v) is 6.91. The molecule has 4 atom stereocenters. The van der Waals surface area contributed by atoms with Gasteiger partial charge in [0.05, 0.1) is 5.56 Å². The first-order valence-electron chi connectivity index (χ1n) is 7.05. The van der Waals surface area contributed by atoms with Gasteiger partial charge < -0.3 is 5.32 Å². The summed E-state index contributed by atoms with van der Waals surface area (Å²) >= 11 is 3.35. The molecule has 3 nitrogen and oxygen atoms in total. The van der Waals surface area contributed by atoms with Crippen molar-refractivity contribution in [2.75, 3.05) is 0 Å². The predicted molar refractivity (Wildman–Crippen MR) is 77.8 cm³/mol. The van der Waals surface area contributed by atoms with E-state index in [4.69, 9.17) is 0 Å². The number of carbonyl (C=O) groups is 1. The van der Waals surface area contributed by atoms with Crippen molar-refractivity contribution in [3.8, 4) is 0 Å². The van der Waals surface area contributed by atoms with Crippen LogP contribution in [0.25, 0.3) is 0 Å². The Morgan fingerprint density at radius 1 is 1.42 bits per heavy atom. The Hall–Kier alpha value is -0.900. The largest absolute Gasteiger partial charge is 0.349 e. The predicted octanol–water partition coefficient (Wildman–Crippen LogP) is 3.40. The molecular weight excluding hydrogens is 304 g/mol. The van der Waals surface area contributed by atoms with Crippen molar-refractivity contribution in [1.29, 1.82) is 0 Å². The zero-order valence-corrected chi connectivity index (χ0v) is 12.7. The molecule has 3 rings (SSSR count). The fourth-order valence-corrected chi connectivity index (χ4v) is 4.20. The lowest BCUT2D eigenvalue weighted by atomic mass is 9.84. The first-order valence-corrected chi connectivity index (χ1v) is 7.84. The number of nitrogens with one attached hydrogen (secondary N) is 1. The van der Waals surface area contributed by atoms with E-state index in [1.165, 1.54) is 25.7 Å². The fourth-order valence-electron chi connectivity index (χ4n) is 3.84. The number of rotatable bonds is 3. The Bertz CT molecular complexity index is 491. The standard InChI is InChI=1S/C15H19BrN2O/c1-9(14-5-10-2-3-11(14)4-10)18-15(19)12-6-13(16)8-17-7-12/h6-11,14H,2-5H2,1H3,(H,18,19)/t9-,10+,11+,14+/m0/s1. The van der Waals surface area contributed by atoms with E-state index in [0.717, 1.165) is 16.3 Å². The third kappa shape index (κ3) is 2.69. The summed E-state index contributed by atoms with van der Waals surface area (Å²) in [6, 6.07) is 2.08. The number of halogens is 1. The van der Waals surface area contributed by atoms with Gasteiger partial charge in [0.2, 0.25) is 0 Å². The maximum atomic E-state index is 12.2. The molecule has 1 aromatic heterocycles. The average Bonchev–Trinajstić information content (AvgIpc) is 3.00. The van der Waals surface area contributed by atoms with E-state index < -0.39 is 0 Å². The molecule has 4 heteroatoms. The smallest absolute Gasteiger partial charge is 0.253 e. The molecule has 1 aromatic rings. The minimum atomic E-state index is -0.0101. The third-order valence-electron chi connectivity index (χ3n) is 4.76. The van der Waals surface area contributed by atoms with Gasteiger partial charge in [-0.15, -0.1) is 0 Å². The minimum absolute atomic E-state index is 0.0101. The van der Waals surface area contributed by atoms with Crippen LogP contribution in [-0.2, 0) is 0 Å². The topological polar surface area (TPSA) is 42.0 Å². The van der Waals surface area contributed by atoms with Gasteiger partial charge in [-0.05, 0) is 65.9 Å². The van der Waals surface area contributed by atoms with Crippen molar-refractivity contribution < 1.29 is 4.79 Å². The van der Waals surface area contributed by atoms with Crippen molar-refractivity contribution in [1.82, 2.24) is 10.3 Å². The zero-order chi connectivity index (χ0) is 13.4. The van der Waals surface area contributed by atoms with Gasteiger partial charge >= 0.3 is 0 Å². The van der Waals surface area contributed by atoms with Gasteiger partial charge in [0.1, 0.15) is 0 Å². The van der Waals surface area contributed by atoms with Crippen molar-refractivity contribution in [2.45, 2.75) is 38.6 Å². The van der Waals surface area contributed by atoms with Crippen LogP contribution in [0, 0.1) is 17.8 Å². The van der Waals surface area contributed by atoms with Gasteiger partial charge in [0.25, 0.3) is 5.91 Å². The van der Waals surface area contributed by atoms with Crippen molar-refractivity contribution in [3.63, 3.8) is 0 Å². The van der Waals surface area contributed by atoms with Crippen molar-refractivity contribution in [3.05, 3.63) is 28.5 Å². The Labute approximate surface area is 122 Å². The monoisotopic (exact) mass is 322 g/mol. The highest BCUT2D eigenvalue weighted by Gasteiger charge is 2.42. The lowest BCUT2D eigenvalue weighted by molar-refractivity contribution is 0.0915. The van der Waals surface area contributed by atoms with Crippen LogP contribution < -0.4 is 5.32 Å². The molecule has 0 aromatic carbocycles. The van der Waals surface area contributed by atoms with Gasteiger partial charge in [0, 0.05) is 22.9 Å². The van der Waals surface area contributed by atoms with Crippen LogP contribution in [0.1, 0.15) is 43.0 Å². The number of hydrogen-bond acceptors (Lipinski definition) is 2. The molecule has 0 unspecified atom stereocenters. The molecule has 2 saturated carbocycles. The number of amides is 1. The summed E-state index contributed by atoms with van der Waals surface area (Å²) in [6.07, 6.45) is 8.74. The van der Waals surface area contributed by atoms with Gasteiger partial charge in [-0.25, -0.2) is 0 Å². The summed E-state index contributed by atoms with van der Waals surface area (Å²) in [4.78, 5) is 16.2. The van der Waals surface area contributed by atoms with E-state index in [9.17, 15) is 4.79 Å². The van der Waals surface area contributed by atoms with E-state index in [1.54, 1.807) is 12.4 Å². The summed E-state index contributed by atoms with van der Waals surface area (Å²) < 4.78 is 0.840. The molecule has 0 radical (unpaired) electrons. The molecule has 0 spiro atoms. The second kappa shape index (κ2) is 5.23. The van der Waals surface area contributed by atoms with Crippen LogP contribution in [-0.4, -0.2) is 16.9 Å². The summed E-state index contributed by atoms with van der Waals surface area (Å²) in [5, 5.41) is 3.15. The Morgan fingerprint density at radius 3 is 2.89 bits per heavy atom. The van der Waals surface area contributed by atoms with Crippen molar-refractivity contribution in [2.24, 2.45) is 17.8 Å². The molecule has 2 aliphatic rings. The average molecular weight is 323 g/mol. The molecular formula is C15H19BrN2O. The fraction of sp³-hybridized carbons (Fsp3) is 0.600. The van der Waals surface area contributed by atoms with Crippen LogP contribution in [0.2, 0.25) is 0 Å². The molecule has 2 bridgehead atoms. The van der Waals surface area contributed by atoms with E-state index in [-0.39, 0.29) is 11.9 Å². The second-order valence-electron chi connectivity index (χ2n) is 5.99. The molecule has 0 aliphatic heterocycles. The quantitative estimate of drug-likeness (QED) is 0.926. The number of carbonyl (C=O) groups excluding carboxylic acids is 1. The molecule has 1 N–H and O–H groups in total. The maximum absolute atomic E-state index is 12.2. The van der Waals surface area contributed by atoms with Crippen LogP contribution in [0.3, 0.4) is 0 Å². The summed E-state index contributed by atoms with van der Waals surface area (Å²) in [5.74, 6) is 2.41. The Morgan fingerprint density at radius 2 is 2.26 bits per heavy atom. The normalized spacial score (nSPS) is 30.3. The molecule has 19 heavy (non-hydrogen) atoms. The highest BCUT2D eigenvalue weighted by atomic mass is 79.9. The highest BCUT2D eigenvalue weighted by Crippen LogP contribution is 2.49. The van der Waals surface area contributed by atoms with Crippen LogP contribution in [0.4, 0.5) is 0 Å². The molecule has 1 heterocycles. The maximum Gasteiger partial charge on any atom is 0.253 e. The van der Waals surface area contributed by atoms with Crippen LogP contribution in [0.5, 0.6) is 0 Å². The zero-order valence-electron chi connectivity index (χ0n) is 11.1. The van der Waals surface area contributed by atoms with Gasteiger partial charge in [0.15, 0.2) is 0 Å². The van der Waals surface area contributed by atoms with Gasteiger partial charge in [-0.3, -0.25) is 9.78 Å². The van der Waals surface area contributed by atoms with E-state index in [1.807, 2.05) is 6.07 Å². The van der Waals surface area contributed by atoms with Crippen LogP contribution >= 0.6 is 15.9 Å². The first kappa shape index (κ1) is 13.1. The van der Waals surface area contributed by atoms with E-state index in [2.05, 4.69) is 33.2 Å². The Kier molecular flexibility index (Phi) is 3.61. The summed E-state index contributed by atoms with van der Waals surface area (Å²) in [7, 11) is 0. The number of aromatic nitrogens is 1. The molecule has 102 valence electrons. The van der Waals surface area contributed by atoms with E-state index in [0.29, 0.717) is 11.5 Å². The minimum Gasteiger partial charge on any atom is -0.349 e. The molecule has 2 fully saturated rings. The molecule has 0 saturated heterocycles. The SMILES string of the molecule is C[C@H](NC(=O)c1cncc(Br)c1)[C@H]1C[C@@H]2CC[C@@H]1C2. The van der Waals surface area contributed by atoms with E-state index >= 15 is 0 Å².